The number of hydrogen-bond acceptors (Lipinski definition) is 3. The van der Waals surface area contributed by atoms with E-state index in [1.165, 1.54) is 11.4 Å². The topological polar surface area (TPSA) is 51.2 Å². The average Bonchev–Trinajstić information content (AvgIpc) is 2.19. The van der Waals surface area contributed by atoms with Crippen LogP contribution in [0.4, 0.5) is 0 Å². The van der Waals surface area contributed by atoms with Gasteiger partial charge in [-0.15, -0.1) is 0 Å². The molecular weight excluding hydrogens is 283 g/mol. The van der Waals surface area contributed by atoms with Crippen molar-refractivity contribution in [2.75, 3.05) is 0 Å². The van der Waals surface area contributed by atoms with E-state index in [4.69, 9.17) is 4.79 Å². The monoisotopic (exact) mass is 293 g/mol. The molecule has 3 nitrogen and oxygen atoms in total. The molecule has 0 N–H and O–H groups in total. The van der Waals surface area contributed by atoms with Crippen molar-refractivity contribution in [3.63, 3.8) is 0 Å². The Morgan fingerprint density at radius 3 is 2.13 bits per heavy atom. The van der Waals surface area contributed by atoms with E-state index in [0.29, 0.717) is 5.56 Å². The van der Waals surface area contributed by atoms with E-state index in [1.807, 2.05) is 23.9 Å². The third-order valence-electron chi connectivity index (χ3n) is 1.51. The Balaban J connectivity index is 0.000000583. The number of ketones is 2. The summed E-state index contributed by atoms with van der Waals surface area (Å²) in [6.07, 6.45) is 0.00398. The predicted molar refractivity (Wildman–Crippen MR) is 51.8 cm³/mol. The van der Waals surface area contributed by atoms with Gasteiger partial charge in [0.2, 0.25) is 0 Å². The Bertz CT molecular complexity index is 365. The van der Waals surface area contributed by atoms with Crippen LogP contribution in [0.3, 0.4) is 0 Å². The molecule has 4 heteroatoms. The van der Waals surface area contributed by atoms with Crippen LogP contribution < -0.4 is 0 Å². The third-order valence-corrected chi connectivity index (χ3v) is 1.51. The van der Waals surface area contributed by atoms with E-state index in [0.717, 1.165) is 0 Å². The minimum atomic E-state index is -0.108. The molecule has 0 fully saturated rings. The van der Waals surface area contributed by atoms with Gasteiger partial charge >= 0.3 is 27.1 Å². The van der Waals surface area contributed by atoms with Crippen LogP contribution in [0.1, 0.15) is 23.7 Å². The molecule has 81 valence electrons. The van der Waals surface area contributed by atoms with E-state index >= 15 is 0 Å². The van der Waals surface area contributed by atoms with Gasteiger partial charge in [0, 0.05) is 5.56 Å². The van der Waals surface area contributed by atoms with Gasteiger partial charge in [-0.05, 0) is 6.92 Å². The normalized spacial score (nSPS) is 8.13. The zero-order chi connectivity index (χ0) is 11.7. The molecule has 0 aromatic heterocycles. The standard InChI is InChI=1S/C10H10O2.CO.Rh/c1-8(11)7-10(12)9-5-3-2-4-6-9;1-2;/h2-6H,7H2,1H3;;. The molecule has 0 saturated heterocycles. The molecule has 0 radical (unpaired) electrons. The fourth-order valence-corrected chi connectivity index (χ4v) is 0.952. The van der Waals surface area contributed by atoms with Crippen LogP contribution in [0.2, 0.25) is 0 Å². The molecule has 0 bridgehead atoms. The van der Waals surface area contributed by atoms with Gasteiger partial charge in [-0.1, -0.05) is 30.3 Å². The quantitative estimate of drug-likeness (QED) is 0.481. The molecular formula is C11H10O3Rh. The number of hydrogen-bond donors (Lipinski definition) is 0. The minimum absolute atomic E-state index is 0.00398. The van der Waals surface area contributed by atoms with Crippen LogP contribution in [0, 0.1) is 0 Å². The van der Waals surface area contributed by atoms with Gasteiger partial charge in [-0.2, -0.15) is 0 Å². The molecule has 0 heterocycles. The molecule has 1 aromatic rings. The molecule has 0 unspecified atom stereocenters. The van der Waals surface area contributed by atoms with Gasteiger partial charge in [0.25, 0.3) is 0 Å². The summed E-state index contributed by atoms with van der Waals surface area (Å²) in [7, 11) is 0. The Kier molecular flexibility index (Phi) is 7.44. The summed E-state index contributed by atoms with van der Waals surface area (Å²) in [4.78, 5) is 30.5. The van der Waals surface area contributed by atoms with Crippen molar-refractivity contribution in [3.8, 4) is 0 Å². The summed E-state index contributed by atoms with van der Waals surface area (Å²) < 4.78 is 1.39. The van der Waals surface area contributed by atoms with Crippen molar-refractivity contribution in [2.24, 2.45) is 0 Å². The van der Waals surface area contributed by atoms with Crippen LogP contribution >= 0.6 is 0 Å². The van der Waals surface area contributed by atoms with E-state index < -0.39 is 0 Å². The number of benzene rings is 1. The number of carbonyl (C=O) groups excluding carboxylic acids is 3. The van der Waals surface area contributed by atoms with Crippen molar-refractivity contribution < 1.29 is 32.2 Å². The second-order valence-corrected chi connectivity index (χ2v) is 3.07. The summed E-state index contributed by atoms with van der Waals surface area (Å²) in [6.45, 7) is 1.42. The van der Waals surface area contributed by atoms with Crippen molar-refractivity contribution in [3.05, 3.63) is 35.9 Å². The molecule has 0 amide bonds. The van der Waals surface area contributed by atoms with Crippen LogP contribution in [0.25, 0.3) is 0 Å². The molecule has 0 saturated carbocycles. The van der Waals surface area contributed by atoms with Crippen molar-refractivity contribution in [1.82, 2.24) is 0 Å². The molecule has 15 heavy (non-hydrogen) atoms. The van der Waals surface area contributed by atoms with Gasteiger partial charge < -0.3 is 0 Å². The van der Waals surface area contributed by atoms with Crippen LogP contribution in [0.15, 0.2) is 30.3 Å². The third kappa shape index (κ3) is 6.78. The summed E-state index contributed by atoms with van der Waals surface area (Å²) in [6, 6.07) is 8.84. The molecule has 0 atom stereocenters. The average molecular weight is 293 g/mol. The number of rotatable bonds is 3. The molecule has 0 spiro atoms. The summed E-state index contributed by atoms with van der Waals surface area (Å²) >= 11 is 1.92. The van der Waals surface area contributed by atoms with Crippen molar-refractivity contribution >= 4 is 16.0 Å². The van der Waals surface area contributed by atoms with Gasteiger partial charge in [-0.3, -0.25) is 9.59 Å². The Hall–Kier alpha value is -1.24. The van der Waals surface area contributed by atoms with E-state index in [9.17, 15) is 9.59 Å². The van der Waals surface area contributed by atoms with Gasteiger partial charge in [-0.25, -0.2) is 0 Å². The second-order valence-electron chi connectivity index (χ2n) is 2.74. The van der Waals surface area contributed by atoms with Gasteiger partial charge in [0.15, 0.2) is 5.78 Å². The summed E-state index contributed by atoms with van der Waals surface area (Å²) in [5.74, 6) is -0.202. The zero-order valence-electron chi connectivity index (χ0n) is 8.15. The Labute approximate surface area is 97.7 Å². The van der Waals surface area contributed by atoms with E-state index in [1.54, 1.807) is 24.3 Å². The first-order chi connectivity index (χ1) is 7.11. The second kappa shape index (κ2) is 8.10. The van der Waals surface area contributed by atoms with Crippen LogP contribution in [0.5, 0.6) is 0 Å². The van der Waals surface area contributed by atoms with Crippen molar-refractivity contribution in [2.45, 2.75) is 13.3 Å². The fraction of sp³-hybridized carbons (Fsp3) is 0.182. The molecule has 0 aliphatic heterocycles. The predicted octanol–water partition coefficient (Wildman–Crippen LogP) is 1.45. The maximum absolute atomic E-state index is 11.2. The van der Waals surface area contributed by atoms with Crippen LogP contribution in [-0.4, -0.2) is 16.0 Å². The maximum atomic E-state index is 11.2. The summed E-state index contributed by atoms with van der Waals surface area (Å²) in [5.41, 5.74) is 0.604. The van der Waals surface area contributed by atoms with Crippen molar-refractivity contribution in [1.29, 1.82) is 0 Å². The number of Topliss-reactive ketones (excluding diaryl/α,β-unsaturated/α-hetero) is 2. The van der Waals surface area contributed by atoms with Crippen LogP contribution in [-0.2, 0) is 27.4 Å². The zero-order valence-corrected chi connectivity index (χ0v) is 9.79. The fourth-order valence-electron chi connectivity index (χ4n) is 0.952. The molecule has 0 aliphatic carbocycles. The van der Waals surface area contributed by atoms with E-state index in [-0.39, 0.29) is 18.0 Å². The molecule has 0 aliphatic rings. The first kappa shape index (κ1) is 13.8. The Morgan fingerprint density at radius 2 is 1.73 bits per heavy atom. The SMILES string of the molecule is CC(=O)CC(=O)c1ccccc1.O=[C]=[Rh]. The number of carbonyl (C=O) groups is 2. The molecule has 1 rings (SSSR count). The Morgan fingerprint density at radius 1 is 1.27 bits per heavy atom. The molecule has 1 aromatic carbocycles. The summed E-state index contributed by atoms with van der Waals surface area (Å²) in [5, 5.41) is 0. The first-order valence-electron chi connectivity index (χ1n) is 4.15. The van der Waals surface area contributed by atoms with Gasteiger partial charge in [0.05, 0.1) is 6.42 Å². The first-order valence-corrected chi connectivity index (χ1v) is 4.97. The van der Waals surface area contributed by atoms with E-state index in [2.05, 4.69) is 0 Å². The van der Waals surface area contributed by atoms with Gasteiger partial charge in [0.1, 0.15) is 5.78 Å².